The maximum atomic E-state index is 14.0. The van der Waals surface area contributed by atoms with Crippen molar-refractivity contribution < 1.29 is 17.6 Å². The molecule has 31 heavy (non-hydrogen) atoms. The molecule has 1 amide bonds. The highest BCUT2D eigenvalue weighted by atomic mass is 32.2. The van der Waals surface area contributed by atoms with E-state index in [1.54, 1.807) is 23.0 Å². The first kappa shape index (κ1) is 22.6. The SMILES string of the molecule is Cc1cnn(CCCNC(=O)C(Cc2ccccc2)NS(=O)(=O)c2ccccc2F)c1. The molecule has 0 spiro atoms. The van der Waals surface area contributed by atoms with Gasteiger partial charge in [0.05, 0.1) is 6.20 Å². The predicted octanol–water partition coefficient (Wildman–Crippen LogP) is 2.43. The van der Waals surface area contributed by atoms with E-state index >= 15 is 0 Å². The van der Waals surface area contributed by atoms with E-state index in [2.05, 4.69) is 15.1 Å². The van der Waals surface area contributed by atoms with E-state index in [1.165, 1.54) is 18.2 Å². The number of halogens is 1. The topological polar surface area (TPSA) is 93.1 Å². The average Bonchev–Trinajstić information content (AvgIpc) is 3.16. The number of carbonyl (C=O) groups excluding carboxylic acids is 1. The zero-order valence-corrected chi connectivity index (χ0v) is 18.0. The number of benzene rings is 2. The van der Waals surface area contributed by atoms with Crippen LogP contribution in [0.5, 0.6) is 0 Å². The fourth-order valence-corrected chi connectivity index (χ4v) is 4.39. The van der Waals surface area contributed by atoms with Crippen molar-refractivity contribution in [1.82, 2.24) is 19.8 Å². The second-order valence-electron chi connectivity index (χ2n) is 7.22. The number of amides is 1. The normalized spacial score (nSPS) is 12.5. The monoisotopic (exact) mass is 444 g/mol. The average molecular weight is 445 g/mol. The van der Waals surface area contributed by atoms with E-state index in [9.17, 15) is 17.6 Å². The second kappa shape index (κ2) is 10.3. The van der Waals surface area contributed by atoms with Gasteiger partial charge in [-0.25, -0.2) is 12.8 Å². The summed E-state index contributed by atoms with van der Waals surface area (Å²) in [5.41, 5.74) is 1.83. The van der Waals surface area contributed by atoms with E-state index in [-0.39, 0.29) is 6.42 Å². The van der Waals surface area contributed by atoms with Crippen LogP contribution in [0.4, 0.5) is 4.39 Å². The third kappa shape index (κ3) is 6.47. The fourth-order valence-electron chi connectivity index (χ4n) is 3.12. The Hall–Kier alpha value is -3.04. The summed E-state index contributed by atoms with van der Waals surface area (Å²) in [4.78, 5) is 12.3. The largest absolute Gasteiger partial charge is 0.355 e. The minimum atomic E-state index is -4.23. The molecule has 0 saturated carbocycles. The number of carbonyl (C=O) groups is 1. The Morgan fingerprint density at radius 1 is 1.13 bits per heavy atom. The summed E-state index contributed by atoms with van der Waals surface area (Å²) >= 11 is 0. The summed E-state index contributed by atoms with van der Waals surface area (Å²) in [5.74, 6) is -1.34. The van der Waals surface area contributed by atoms with Crippen molar-refractivity contribution in [3.63, 3.8) is 0 Å². The molecule has 2 aromatic carbocycles. The first-order valence-electron chi connectivity index (χ1n) is 9.93. The van der Waals surface area contributed by atoms with Crippen LogP contribution in [0.1, 0.15) is 17.5 Å². The third-order valence-corrected chi connectivity index (χ3v) is 6.15. The fraction of sp³-hybridized carbons (Fsp3) is 0.273. The molecule has 0 radical (unpaired) electrons. The van der Waals surface area contributed by atoms with Gasteiger partial charge in [-0.05, 0) is 43.0 Å². The van der Waals surface area contributed by atoms with Gasteiger partial charge >= 0.3 is 0 Å². The molecule has 3 aromatic rings. The lowest BCUT2D eigenvalue weighted by Gasteiger charge is -2.19. The van der Waals surface area contributed by atoms with Gasteiger partial charge in [0, 0.05) is 19.3 Å². The molecule has 1 atom stereocenters. The standard InChI is InChI=1S/C22H25FN4O3S/c1-17-15-25-27(16-17)13-7-12-24-22(28)20(14-18-8-3-2-4-9-18)26-31(29,30)21-11-6-5-10-19(21)23/h2-6,8-11,15-16,20,26H,7,12-14H2,1H3,(H,24,28). The Labute approximate surface area is 181 Å². The lowest BCUT2D eigenvalue weighted by atomic mass is 10.1. The molecule has 3 rings (SSSR count). The van der Waals surface area contributed by atoms with E-state index < -0.39 is 32.7 Å². The number of sulfonamides is 1. The number of hydrogen-bond donors (Lipinski definition) is 2. The summed E-state index contributed by atoms with van der Waals surface area (Å²) in [6.45, 7) is 2.92. The highest BCUT2D eigenvalue weighted by Crippen LogP contribution is 2.15. The first-order chi connectivity index (χ1) is 14.8. The van der Waals surface area contributed by atoms with Gasteiger partial charge in [-0.1, -0.05) is 42.5 Å². The number of rotatable bonds is 10. The van der Waals surface area contributed by atoms with Crippen molar-refractivity contribution in [2.75, 3.05) is 6.54 Å². The van der Waals surface area contributed by atoms with Gasteiger partial charge in [0.2, 0.25) is 15.9 Å². The highest BCUT2D eigenvalue weighted by molar-refractivity contribution is 7.89. The number of aromatic nitrogens is 2. The number of nitrogens with zero attached hydrogens (tertiary/aromatic N) is 2. The molecule has 1 unspecified atom stereocenters. The molecule has 1 aromatic heterocycles. The van der Waals surface area contributed by atoms with Crippen LogP contribution in [0, 0.1) is 12.7 Å². The maximum absolute atomic E-state index is 14.0. The summed E-state index contributed by atoms with van der Waals surface area (Å²) in [7, 11) is -4.23. The van der Waals surface area contributed by atoms with Crippen molar-refractivity contribution in [3.8, 4) is 0 Å². The van der Waals surface area contributed by atoms with Crippen molar-refractivity contribution in [2.45, 2.75) is 37.2 Å². The van der Waals surface area contributed by atoms with Crippen LogP contribution < -0.4 is 10.0 Å². The van der Waals surface area contributed by atoms with E-state index in [4.69, 9.17) is 0 Å². The van der Waals surface area contributed by atoms with Crippen LogP contribution in [0.3, 0.4) is 0 Å². The number of nitrogens with one attached hydrogen (secondary N) is 2. The van der Waals surface area contributed by atoms with Gasteiger partial charge in [-0.3, -0.25) is 9.48 Å². The Morgan fingerprint density at radius 3 is 2.52 bits per heavy atom. The van der Waals surface area contributed by atoms with Crippen LogP contribution in [0.2, 0.25) is 0 Å². The predicted molar refractivity (Wildman–Crippen MR) is 115 cm³/mol. The third-order valence-electron chi connectivity index (χ3n) is 4.65. The maximum Gasteiger partial charge on any atom is 0.244 e. The molecular weight excluding hydrogens is 419 g/mol. The van der Waals surface area contributed by atoms with Crippen LogP contribution in [-0.4, -0.2) is 36.7 Å². The lowest BCUT2D eigenvalue weighted by Crippen LogP contribution is -2.48. The quantitative estimate of drug-likeness (QED) is 0.470. The summed E-state index contributed by atoms with van der Waals surface area (Å²) < 4.78 is 43.7. The van der Waals surface area contributed by atoms with Crippen molar-refractivity contribution in [1.29, 1.82) is 0 Å². The summed E-state index contributed by atoms with van der Waals surface area (Å²) in [6.07, 6.45) is 4.43. The Balaban J connectivity index is 1.68. The Bertz CT molecular complexity index is 1120. The van der Waals surface area contributed by atoms with Crippen molar-refractivity contribution >= 4 is 15.9 Å². The van der Waals surface area contributed by atoms with Gasteiger partial charge in [-0.15, -0.1) is 0 Å². The van der Waals surface area contributed by atoms with Gasteiger partial charge < -0.3 is 5.32 Å². The zero-order chi connectivity index (χ0) is 22.3. The van der Waals surface area contributed by atoms with Gasteiger partial charge in [0.15, 0.2) is 0 Å². The number of aryl methyl sites for hydroxylation is 2. The van der Waals surface area contributed by atoms with E-state index in [0.29, 0.717) is 19.5 Å². The van der Waals surface area contributed by atoms with Crippen LogP contribution in [0.15, 0.2) is 71.9 Å². The molecule has 0 saturated heterocycles. The summed E-state index contributed by atoms with van der Waals surface area (Å²) in [5, 5.41) is 6.96. The molecule has 164 valence electrons. The minimum absolute atomic E-state index is 0.138. The molecule has 9 heteroatoms. The Kier molecular flexibility index (Phi) is 7.54. The molecule has 0 aliphatic rings. The van der Waals surface area contributed by atoms with Gasteiger partial charge in [0.25, 0.3) is 0 Å². The molecule has 2 N–H and O–H groups in total. The van der Waals surface area contributed by atoms with Crippen molar-refractivity contribution in [2.24, 2.45) is 0 Å². The molecular formula is C22H25FN4O3S. The highest BCUT2D eigenvalue weighted by Gasteiger charge is 2.27. The first-order valence-corrected chi connectivity index (χ1v) is 11.4. The van der Waals surface area contributed by atoms with Gasteiger partial charge in [-0.2, -0.15) is 9.82 Å². The van der Waals surface area contributed by atoms with Crippen LogP contribution in [0.25, 0.3) is 0 Å². The van der Waals surface area contributed by atoms with Crippen LogP contribution >= 0.6 is 0 Å². The van der Waals surface area contributed by atoms with Crippen LogP contribution in [-0.2, 0) is 27.8 Å². The lowest BCUT2D eigenvalue weighted by molar-refractivity contribution is -0.122. The smallest absolute Gasteiger partial charge is 0.244 e. The molecule has 1 heterocycles. The van der Waals surface area contributed by atoms with E-state index in [1.807, 2.05) is 31.3 Å². The Morgan fingerprint density at radius 2 is 1.84 bits per heavy atom. The van der Waals surface area contributed by atoms with Crippen molar-refractivity contribution in [3.05, 3.63) is 83.9 Å². The molecule has 0 bridgehead atoms. The molecule has 0 fully saturated rings. The minimum Gasteiger partial charge on any atom is -0.355 e. The molecule has 7 nitrogen and oxygen atoms in total. The zero-order valence-electron chi connectivity index (χ0n) is 17.2. The van der Waals surface area contributed by atoms with Gasteiger partial charge in [0.1, 0.15) is 16.8 Å². The number of hydrogen-bond acceptors (Lipinski definition) is 4. The molecule has 0 aliphatic carbocycles. The second-order valence-corrected chi connectivity index (χ2v) is 8.90. The summed E-state index contributed by atoms with van der Waals surface area (Å²) in [6, 6.07) is 13.0. The van der Waals surface area contributed by atoms with E-state index in [0.717, 1.165) is 17.2 Å². The molecule has 0 aliphatic heterocycles.